The topological polar surface area (TPSA) is 75.7 Å². The number of amides is 1. The number of ether oxygens (including phenoxy) is 1. The van der Waals surface area contributed by atoms with Crippen molar-refractivity contribution < 1.29 is 17.9 Å². The van der Waals surface area contributed by atoms with Gasteiger partial charge in [-0.2, -0.15) is 0 Å². The minimum atomic E-state index is -3.64. The predicted octanol–water partition coefficient (Wildman–Crippen LogP) is 2.04. The number of sulfonamides is 1. The zero-order chi connectivity index (χ0) is 17.6. The summed E-state index contributed by atoms with van der Waals surface area (Å²) in [6.07, 6.45) is 1.41. The third-order valence-electron chi connectivity index (χ3n) is 3.22. The van der Waals surface area contributed by atoms with Gasteiger partial charge in [-0.15, -0.1) is 0 Å². The Labute approximate surface area is 142 Å². The summed E-state index contributed by atoms with van der Waals surface area (Å²) in [7, 11) is -2.10. The standard InChI is InChI=1S/C15H23ClN2O4S/c1-5-14(15(19)17-11(2)10-22-3)18(23(4,20)21)13-8-6-12(16)7-9-13/h6-9,11,14H,5,10H2,1-4H3,(H,17,19)/t11-,14-/m1/s1. The lowest BCUT2D eigenvalue weighted by atomic mass is 10.1. The molecule has 0 aliphatic carbocycles. The van der Waals surface area contributed by atoms with Crippen LogP contribution in [0.15, 0.2) is 24.3 Å². The molecule has 0 unspecified atom stereocenters. The Morgan fingerprint density at radius 1 is 1.35 bits per heavy atom. The highest BCUT2D eigenvalue weighted by Crippen LogP contribution is 2.24. The molecule has 0 aliphatic rings. The van der Waals surface area contributed by atoms with Crippen molar-refractivity contribution in [1.29, 1.82) is 0 Å². The molecule has 130 valence electrons. The van der Waals surface area contributed by atoms with E-state index in [0.717, 1.165) is 10.6 Å². The van der Waals surface area contributed by atoms with E-state index in [1.807, 2.05) is 0 Å². The predicted molar refractivity (Wildman–Crippen MR) is 92.3 cm³/mol. The second-order valence-corrected chi connectivity index (χ2v) is 7.62. The van der Waals surface area contributed by atoms with Crippen molar-refractivity contribution >= 4 is 33.2 Å². The van der Waals surface area contributed by atoms with Gasteiger partial charge in [0.25, 0.3) is 0 Å². The van der Waals surface area contributed by atoms with E-state index in [9.17, 15) is 13.2 Å². The SMILES string of the molecule is CC[C@H](C(=O)N[C@H](C)COC)N(c1ccc(Cl)cc1)S(C)(=O)=O. The summed E-state index contributed by atoms with van der Waals surface area (Å²) >= 11 is 5.85. The average molecular weight is 363 g/mol. The number of hydrogen-bond donors (Lipinski definition) is 1. The average Bonchev–Trinajstić information content (AvgIpc) is 2.44. The Balaban J connectivity index is 3.13. The molecule has 0 saturated carbocycles. The molecule has 0 fully saturated rings. The van der Waals surface area contributed by atoms with Crippen molar-refractivity contribution in [3.05, 3.63) is 29.3 Å². The lowest BCUT2D eigenvalue weighted by Gasteiger charge is -2.31. The number of hydrogen-bond acceptors (Lipinski definition) is 4. The Kier molecular flexibility index (Phi) is 7.31. The third-order valence-corrected chi connectivity index (χ3v) is 4.65. The van der Waals surface area contributed by atoms with Crippen LogP contribution in [0.3, 0.4) is 0 Å². The van der Waals surface area contributed by atoms with Crippen molar-refractivity contribution in [1.82, 2.24) is 5.32 Å². The smallest absolute Gasteiger partial charge is 0.244 e. The summed E-state index contributed by atoms with van der Waals surface area (Å²) in [6.45, 7) is 3.91. The van der Waals surface area contributed by atoms with Crippen LogP contribution in [0.1, 0.15) is 20.3 Å². The van der Waals surface area contributed by atoms with Crippen LogP contribution in [0.5, 0.6) is 0 Å². The normalized spacial score (nSPS) is 14.1. The van der Waals surface area contributed by atoms with E-state index >= 15 is 0 Å². The Hall–Kier alpha value is -1.31. The van der Waals surface area contributed by atoms with E-state index in [1.54, 1.807) is 38.1 Å². The fourth-order valence-corrected chi connectivity index (χ4v) is 3.62. The number of anilines is 1. The Morgan fingerprint density at radius 2 is 1.91 bits per heavy atom. The van der Waals surface area contributed by atoms with E-state index in [1.165, 1.54) is 7.11 Å². The molecule has 1 N–H and O–H groups in total. The molecule has 2 atom stereocenters. The van der Waals surface area contributed by atoms with Crippen molar-refractivity contribution in [2.45, 2.75) is 32.4 Å². The molecule has 1 aromatic rings. The van der Waals surface area contributed by atoms with Crippen LogP contribution in [0.2, 0.25) is 5.02 Å². The van der Waals surface area contributed by atoms with Gasteiger partial charge in [0.1, 0.15) is 6.04 Å². The van der Waals surface area contributed by atoms with E-state index in [4.69, 9.17) is 16.3 Å². The van der Waals surface area contributed by atoms with Gasteiger partial charge in [0.2, 0.25) is 15.9 Å². The van der Waals surface area contributed by atoms with Crippen LogP contribution in [0.25, 0.3) is 0 Å². The van der Waals surface area contributed by atoms with E-state index < -0.39 is 16.1 Å². The highest BCUT2D eigenvalue weighted by molar-refractivity contribution is 7.92. The summed E-state index contributed by atoms with van der Waals surface area (Å²) in [6, 6.07) is 5.29. The fraction of sp³-hybridized carbons (Fsp3) is 0.533. The Bertz CT molecular complexity index is 619. The molecular formula is C15H23ClN2O4S. The van der Waals surface area contributed by atoms with E-state index in [0.29, 0.717) is 23.7 Å². The van der Waals surface area contributed by atoms with Gasteiger partial charge in [-0.25, -0.2) is 8.42 Å². The summed E-state index contributed by atoms with van der Waals surface area (Å²) < 4.78 is 30.5. The molecular weight excluding hydrogens is 340 g/mol. The monoisotopic (exact) mass is 362 g/mol. The Morgan fingerprint density at radius 3 is 2.35 bits per heavy atom. The van der Waals surface area contributed by atoms with Crippen molar-refractivity contribution in [2.75, 3.05) is 24.3 Å². The zero-order valence-corrected chi connectivity index (χ0v) is 15.3. The first-order valence-electron chi connectivity index (χ1n) is 7.25. The number of carbonyl (C=O) groups is 1. The van der Waals surface area contributed by atoms with Crippen LogP contribution < -0.4 is 9.62 Å². The molecule has 6 nitrogen and oxygen atoms in total. The molecule has 0 radical (unpaired) electrons. The maximum absolute atomic E-state index is 12.5. The van der Waals surface area contributed by atoms with Crippen molar-refractivity contribution in [3.8, 4) is 0 Å². The first-order chi connectivity index (χ1) is 10.7. The summed E-state index contributed by atoms with van der Waals surface area (Å²) in [4.78, 5) is 12.5. The van der Waals surface area contributed by atoms with Gasteiger partial charge in [0.05, 0.1) is 18.6 Å². The summed E-state index contributed by atoms with van der Waals surface area (Å²) in [5, 5.41) is 3.26. The van der Waals surface area contributed by atoms with Gasteiger partial charge >= 0.3 is 0 Å². The lowest BCUT2D eigenvalue weighted by molar-refractivity contribution is -0.123. The largest absolute Gasteiger partial charge is 0.383 e. The minimum absolute atomic E-state index is 0.215. The van der Waals surface area contributed by atoms with Crippen molar-refractivity contribution in [2.24, 2.45) is 0 Å². The quantitative estimate of drug-likeness (QED) is 0.767. The van der Waals surface area contributed by atoms with Crippen LogP contribution in [0.4, 0.5) is 5.69 Å². The third kappa shape index (κ3) is 5.67. The minimum Gasteiger partial charge on any atom is -0.383 e. The van der Waals surface area contributed by atoms with Gasteiger partial charge in [0, 0.05) is 18.2 Å². The zero-order valence-electron chi connectivity index (χ0n) is 13.7. The molecule has 0 spiro atoms. The number of nitrogens with zero attached hydrogens (tertiary/aromatic N) is 1. The molecule has 1 rings (SSSR count). The van der Waals surface area contributed by atoms with Crippen LogP contribution in [-0.4, -0.2) is 46.4 Å². The van der Waals surface area contributed by atoms with Gasteiger partial charge in [-0.05, 0) is 37.6 Å². The summed E-state index contributed by atoms with van der Waals surface area (Å²) in [5.41, 5.74) is 0.401. The molecule has 1 aromatic carbocycles. The molecule has 8 heteroatoms. The van der Waals surface area contributed by atoms with Crippen LogP contribution in [0, 0.1) is 0 Å². The molecule has 0 saturated heterocycles. The molecule has 0 aromatic heterocycles. The van der Waals surface area contributed by atoms with Gasteiger partial charge < -0.3 is 10.1 Å². The van der Waals surface area contributed by atoms with Crippen LogP contribution >= 0.6 is 11.6 Å². The van der Waals surface area contributed by atoms with Crippen LogP contribution in [-0.2, 0) is 19.6 Å². The van der Waals surface area contributed by atoms with Gasteiger partial charge in [0.15, 0.2) is 0 Å². The number of methoxy groups -OCH3 is 1. The number of rotatable bonds is 8. The highest BCUT2D eigenvalue weighted by atomic mass is 35.5. The number of halogens is 1. The summed E-state index contributed by atoms with van der Waals surface area (Å²) in [5.74, 6) is -0.363. The number of carbonyl (C=O) groups excluding carboxylic acids is 1. The molecule has 0 aliphatic heterocycles. The molecule has 1 amide bonds. The van der Waals surface area contributed by atoms with Gasteiger partial charge in [-0.1, -0.05) is 18.5 Å². The second-order valence-electron chi connectivity index (χ2n) is 5.32. The second kappa shape index (κ2) is 8.52. The molecule has 0 bridgehead atoms. The van der Waals surface area contributed by atoms with Gasteiger partial charge in [-0.3, -0.25) is 9.10 Å². The maximum atomic E-state index is 12.5. The molecule has 0 heterocycles. The number of benzene rings is 1. The lowest BCUT2D eigenvalue weighted by Crippen LogP contribution is -2.51. The fourth-order valence-electron chi connectivity index (χ4n) is 2.28. The number of nitrogens with one attached hydrogen (secondary N) is 1. The molecule has 23 heavy (non-hydrogen) atoms. The first-order valence-corrected chi connectivity index (χ1v) is 9.47. The maximum Gasteiger partial charge on any atom is 0.244 e. The van der Waals surface area contributed by atoms with E-state index in [2.05, 4.69) is 5.32 Å². The first kappa shape index (κ1) is 19.7. The highest BCUT2D eigenvalue weighted by Gasteiger charge is 2.31. The van der Waals surface area contributed by atoms with E-state index in [-0.39, 0.29) is 11.9 Å². The van der Waals surface area contributed by atoms with Crippen molar-refractivity contribution in [3.63, 3.8) is 0 Å².